The standard InChI is InChI=1S/C13H18N4O3S/c1-3-7-14-12-5-4-11(15-16-12)13(18)17(2)10-6-8-21(19,20)9-10/h3-5,10H,1,6-9H2,2H3,(H,14,16). The maximum absolute atomic E-state index is 12.3. The molecule has 0 spiro atoms. The molecule has 1 fully saturated rings. The first kappa shape index (κ1) is 15.4. The number of carbonyl (C=O) groups excluding carboxylic acids is 1. The molecule has 0 radical (unpaired) electrons. The molecule has 1 unspecified atom stereocenters. The van der Waals surface area contributed by atoms with Crippen LogP contribution in [0.4, 0.5) is 5.82 Å². The van der Waals surface area contributed by atoms with Gasteiger partial charge >= 0.3 is 0 Å². The summed E-state index contributed by atoms with van der Waals surface area (Å²) >= 11 is 0. The molecular weight excluding hydrogens is 292 g/mol. The van der Waals surface area contributed by atoms with E-state index in [2.05, 4.69) is 22.1 Å². The minimum absolute atomic E-state index is 0.0155. The molecule has 21 heavy (non-hydrogen) atoms. The lowest BCUT2D eigenvalue weighted by molar-refractivity contribution is 0.0740. The summed E-state index contributed by atoms with van der Waals surface area (Å²) in [4.78, 5) is 13.7. The Bertz CT molecular complexity index is 627. The van der Waals surface area contributed by atoms with Crippen molar-refractivity contribution in [3.63, 3.8) is 0 Å². The zero-order chi connectivity index (χ0) is 15.5. The second-order valence-electron chi connectivity index (χ2n) is 4.95. The molecule has 7 nitrogen and oxygen atoms in total. The molecule has 1 aliphatic rings. The van der Waals surface area contributed by atoms with E-state index in [0.29, 0.717) is 18.8 Å². The SMILES string of the molecule is C=CCNc1ccc(C(=O)N(C)C2CCS(=O)(=O)C2)nn1. The summed E-state index contributed by atoms with van der Waals surface area (Å²) in [6.07, 6.45) is 2.16. The monoisotopic (exact) mass is 310 g/mol. The zero-order valence-electron chi connectivity index (χ0n) is 11.8. The summed E-state index contributed by atoms with van der Waals surface area (Å²) in [7, 11) is -1.43. The molecule has 0 aliphatic carbocycles. The Morgan fingerprint density at radius 2 is 2.29 bits per heavy atom. The summed E-state index contributed by atoms with van der Waals surface area (Å²) in [6, 6.07) is 2.94. The molecule has 1 N–H and O–H groups in total. The van der Waals surface area contributed by atoms with Crippen LogP contribution in [0, 0.1) is 0 Å². The smallest absolute Gasteiger partial charge is 0.274 e. The number of aromatic nitrogens is 2. The number of rotatable bonds is 5. The van der Waals surface area contributed by atoms with Gasteiger partial charge in [0.15, 0.2) is 15.5 Å². The van der Waals surface area contributed by atoms with Gasteiger partial charge < -0.3 is 10.2 Å². The molecule has 8 heteroatoms. The van der Waals surface area contributed by atoms with E-state index in [-0.39, 0.29) is 29.1 Å². The highest BCUT2D eigenvalue weighted by Crippen LogP contribution is 2.18. The summed E-state index contributed by atoms with van der Waals surface area (Å²) in [5.41, 5.74) is 0.200. The predicted octanol–water partition coefficient (Wildman–Crippen LogP) is 0.334. The number of anilines is 1. The molecule has 1 amide bonds. The maximum Gasteiger partial charge on any atom is 0.274 e. The van der Waals surface area contributed by atoms with Gasteiger partial charge in [0.1, 0.15) is 5.82 Å². The van der Waals surface area contributed by atoms with E-state index in [1.807, 2.05) is 0 Å². The van der Waals surface area contributed by atoms with Crippen molar-refractivity contribution in [2.24, 2.45) is 0 Å². The van der Waals surface area contributed by atoms with Gasteiger partial charge in [0.25, 0.3) is 5.91 Å². The molecule has 0 aromatic carbocycles. The molecule has 1 aromatic heterocycles. The number of nitrogens with one attached hydrogen (secondary N) is 1. The fraction of sp³-hybridized carbons (Fsp3) is 0.462. The molecule has 0 saturated carbocycles. The average Bonchev–Trinajstić information content (AvgIpc) is 2.84. The lowest BCUT2D eigenvalue weighted by atomic mass is 10.2. The predicted molar refractivity (Wildman–Crippen MR) is 79.9 cm³/mol. The van der Waals surface area contributed by atoms with E-state index >= 15 is 0 Å². The van der Waals surface area contributed by atoms with Crippen LogP contribution in [0.2, 0.25) is 0 Å². The van der Waals surface area contributed by atoms with Crippen LogP contribution in [0.3, 0.4) is 0 Å². The van der Waals surface area contributed by atoms with Gasteiger partial charge in [-0.1, -0.05) is 6.08 Å². The Labute approximate surface area is 124 Å². The Balaban J connectivity index is 2.04. The highest BCUT2D eigenvalue weighted by Gasteiger charge is 2.33. The average molecular weight is 310 g/mol. The minimum atomic E-state index is -3.02. The third-order valence-corrected chi connectivity index (χ3v) is 5.14. The van der Waals surface area contributed by atoms with E-state index < -0.39 is 9.84 Å². The van der Waals surface area contributed by atoms with Crippen LogP contribution < -0.4 is 5.32 Å². The quantitative estimate of drug-likeness (QED) is 0.788. The molecule has 1 aromatic rings. The van der Waals surface area contributed by atoms with Crippen LogP contribution in [-0.2, 0) is 9.84 Å². The van der Waals surface area contributed by atoms with E-state index in [1.165, 1.54) is 4.90 Å². The molecule has 0 bridgehead atoms. The van der Waals surface area contributed by atoms with Crippen LogP contribution in [0.5, 0.6) is 0 Å². The number of nitrogens with zero attached hydrogens (tertiary/aromatic N) is 3. The Morgan fingerprint density at radius 1 is 1.52 bits per heavy atom. The number of carbonyl (C=O) groups is 1. The maximum atomic E-state index is 12.3. The normalized spacial score (nSPS) is 20.0. The Kier molecular flexibility index (Phi) is 4.56. The first-order valence-corrected chi connectivity index (χ1v) is 8.41. The largest absolute Gasteiger partial charge is 0.365 e. The first-order chi connectivity index (χ1) is 9.93. The molecule has 2 rings (SSSR count). The van der Waals surface area contributed by atoms with E-state index in [4.69, 9.17) is 0 Å². The van der Waals surface area contributed by atoms with Gasteiger partial charge in [-0.2, -0.15) is 0 Å². The van der Waals surface area contributed by atoms with Crippen molar-refractivity contribution >= 4 is 21.6 Å². The zero-order valence-corrected chi connectivity index (χ0v) is 12.6. The van der Waals surface area contributed by atoms with E-state index in [1.54, 1.807) is 25.3 Å². The lowest BCUT2D eigenvalue weighted by Crippen LogP contribution is -2.38. The third-order valence-electron chi connectivity index (χ3n) is 3.39. The minimum Gasteiger partial charge on any atom is -0.365 e. The van der Waals surface area contributed by atoms with Crippen LogP contribution in [-0.4, -0.2) is 60.6 Å². The third kappa shape index (κ3) is 3.78. The van der Waals surface area contributed by atoms with Gasteiger partial charge in [-0.15, -0.1) is 16.8 Å². The van der Waals surface area contributed by atoms with Gasteiger partial charge in [0.2, 0.25) is 0 Å². The van der Waals surface area contributed by atoms with Crippen LogP contribution in [0.15, 0.2) is 24.8 Å². The highest BCUT2D eigenvalue weighted by molar-refractivity contribution is 7.91. The van der Waals surface area contributed by atoms with Crippen molar-refractivity contribution in [3.05, 3.63) is 30.5 Å². The van der Waals surface area contributed by atoms with E-state index in [9.17, 15) is 13.2 Å². The highest BCUT2D eigenvalue weighted by atomic mass is 32.2. The molecule has 1 atom stereocenters. The summed E-state index contributed by atoms with van der Waals surface area (Å²) in [5.74, 6) is 0.380. The van der Waals surface area contributed by atoms with Crippen molar-refractivity contribution in [3.8, 4) is 0 Å². The van der Waals surface area contributed by atoms with Crippen LogP contribution in [0.1, 0.15) is 16.9 Å². The Morgan fingerprint density at radius 3 is 2.81 bits per heavy atom. The molecule has 2 heterocycles. The molecule has 114 valence electrons. The first-order valence-electron chi connectivity index (χ1n) is 6.59. The summed E-state index contributed by atoms with van der Waals surface area (Å²) < 4.78 is 22.9. The van der Waals surface area contributed by atoms with Gasteiger partial charge in [-0.25, -0.2) is 8.42 Å². The molecule has 1 aliphatic heterocycles. The van der Waals surface area contributed by atoms with Crippen molar-refractivity contribution in [2.75, 3.05) is 30.4 Å². The van der Waals surface area contributed by atoms with Crippen molar-refractivity contribution in [1.82, 2.24) is 15.1 Å². The van der Waals surface area contributed by atoms with Gasteiger partial charge in [-0.3, -0.25) is 4.79 Å². The summed E-state index contributed by atoms with van der Waals surface area (Å²) in [6.45, 7) is 4.14. The van der Waals surface area contributed by atoms with Crippen molar-refractivity contribution in [1.29, 1.82) is 0 Å². The summed E-state index contributed by atoms with van der Waals surface area (Å²) in [5, 5.41) is 10.7. The molecular formula is C13H18N4O3S. The van der Waals surface area contributed by atoms with Gasteiger partial charge in [-0.05, 0) is 18.6 Å². The fourth-order valence-electron chi connectivity index (χ4n) is 2.14. The van der Waals surface area contributed by atoms with Gasteiger partial charge in [0.05, 0.1) is 11.5 Å². The Hall–Kier alpha value is -1.96. The number of hydrogen-bond acceptors (Lipinski definition) is 6. The van der Waals surface area contributed by atoms with Crippen LogP contribution >= 0.6 is 0 Å². The second kappa shape index (κ2) is 6.21. The van der Waals surface area contributed by atoms with E-state index in [0.717, 1.165) is 0 Å². The second-order valence-corrected chi connectivity index (χ2v) is 7.18. The van der Waals surface area contributed by atoms with Crippen LogP contribution in [0.25, 0.3) is 0 Å². The lowest BCUT2D eigenvalue weighted by Gasteiger charge is -2.22. The van der Waals surface area contributed by atoms with Crippen molar-refractivity contribution in [2.45, 2.75) is 12.5 Å². The number of hydrogen-bond donors (Lipinski definition) is 1. The number of sulfone groups is 1. The van der Waals surface area contributed by atoms with Gasteiger partial charge in [0, 0.05) is 19.6 Å². The topological polar surface area (TPSA) is 92.3 Å². The van der Waals surface area contributed by atoms with Crippen molar-refractivity contribution < 1.29 is 13.2 Å². The fourth-order valence-corrected chi connectivity index (χ4v) is 3.92. The molecule has 1 saturated heterocycles. The number of amides is 1.